The predicted octanol–water partition coefficient (Wildman–Crippen LogP) is 3.11. The fraction of sp³-hybridized carbons (Fsp3) is 0.316. The molecule has 3 aromatic heterocycles. The molecule has 0 bridgehead atoms. The summed E-state index contributed by atoms with van der Waals surface area (Å²) in [6.45, 7) is 2.91. The first kappa shape index (κ1) is 14.9. The van der Waals surface area contributed by atoms with Gasteiger partial charge in [0.1, 0.15) is 5.82 Å². The lowest BCUT2D eigenvalue weighted by atomic mass is 9.95. The fourth-order valence-corrected chi connectivity index (χ4v) is 3.43. The molecule has 0 atom stereocenters. The zero-order valence-corrected chi connectivity index (χ0v) is 13.6. The van der Waals surface area contributed by atoms with Crippen LogP contribution >= 0.6 is 0 Å². The zero-order chi connectivity index (χ0) is 16.2. The molecule has 3 aromatic rings. The first-order valence-electron chi connectivity index (χ1n) is 8.46. The third-order valence-electron chi connectivity index (χ3n) is 4.69. The lowest BCUT2D eigenvalue weighted by Crippen LogP contribution is -2.33. The molecule has 1 fully saturated rings. The molecule has 0 unspecified atom stereocenters. The van der Waals surface area contributed by atoms with Crippen LogP contribution in [0.5, 0.6) is 0 Å². The summed E-state index contributed by atoms with van der Waals surface area (Å²) < 4.78 is 2.25. The molecule has 0 spiro atoms. The second kappa shape index (κ2) is 6.83. The third-order valence-corrected chi connectivity index (χ3v) is 4.69. The second-order valence-electron chi connectivity index (χ2n) is 6.20. The number of imidazole rings is 1. The minimum Gasteiger partial charge on any atom is -0.371 e. The number of nitrogens with zero attached hydrogens (tertiary/aromatic N) is 5. The Kier molecular flexibility index (Phi) is 4.23. The van der Waals surface area contributed by atoms with Gasteiger partial charge in [0.2, 0.25) is 0 Å². The number of hydrogen-bond donors (Lipinski definition) is 0. The smallest absolute Gasteiger partial charge is 0.112 e. The summed E-state index contributed by atoms with van der Waals surface area (Å²) in [5.41, 5.74) is 2.34. The van der Waals surface area contributed by atoms with Crippen molar-refractivity contribution in [3.8, 4) is 0 Å². The van der Waals surface area contributed by atoms with Gasteiger partial charge in [0.25, 0.3) is 0 Å². The fourth-order valence-electron chi connectivity index (χ4n) is 3.43. The van der Waals surface area contributed by atoms with Gasteiger partial charge in [-0.15, -0.1) is 0 Å². The van der Waals surface area contributed by atoms with E-state index in [9.17, 15) is 0 Å². The number of hydrogen-bond acceptors (Lipinski definition) is 4. The van der Waals surface area contributed by atoms with Crippen LogP contribution in [0.15, 0.2) is 61.3 Å². The Morgan fingerprint density at radius 3 is 2.50 bits per heavy atom. The van der Waals surface area contributed by atoms with E-state index in [0.29, 0.717) is 5.92 Å². The van der Waals surface area contributed by atoms with Gasteiger partial charge < -0.3 is 9.47 Å². The zero-order valence-electron chi connectivity index (χ0n) is 13.6. The topological polar surface area (TPSA) is 46.8 Å². The summed E-state index contributed by atoms with van der Waals surface area (Å²) in [6, 6.07) is 10.2. The summed E-state index contributed by atoms with van der Waals surface area (Å²) in [5.74, 6) is 1.71. The van der Waals surface area contributed by atoms with E-state index in [-0.39, 0.29) is 0 Å². The molecule has 0 radical (unpaired) electrons. The van der Waals surface area contributed by atoms with Crippen molar-refractivity contribution in [2.45, 2.75) is 25.3 Å². The number of anilines is 1. The molecule has 1 aliphatic rings. The largest absolute Gasteiger partial charge is 0.371 e. The van der Waals surface area contributed by atoms with Crippen molar-refractivity contribution in [3.63, 3.8) is 0 Å². The molecular formula is C19H21N5. The minimum atomic E-state index is 0.516. The molecule has 0 N–H and O–H groups in total. The molecule has 1 saturated heterocycles. The number of aromatic nitrogens is 4. The van der Waals surface area contributed by atoms with Crippen LogP contribution in [0.4, 0.5) is 5.69 Å². The molecular weight excluding hydrogens is 298 g/mol. The summed E-state index contributed by atoms with van der Waals surface area (Å²) in [4.78, 5) is 15.6. The van der Waals surface area contributed by atoms with Gasteiger partial charge in [-0.2, -0.15) is 0 Å². The van der Waals surface area contributed by atoms with E-state index in [2.05, 4.69) is 48.8 Å². The summed E-state index contributed by atoms with van der Waals surface area (Å²) in [5, 5.41) is 0. The standard InChI is InChI=1S/C19H21N5/c1-2-8-21-17(3-1)15-24-14-11-22-19(24)16-6-12-23(13-7-16)18-4-9-20-10-5-18/h1-5,8-11,14,16H,6-7,12-13,15H2. The normalized spacial score (nSPS) is 15.6. The van der Waals surface area contributed by atoms with Crippen molar-refractivity contribution < 1.29 is 0 Å². The van der Waals surface area contributed by atoms with Gasteiger partial charge in [-0.25, -0.2) is 4.98 Å². The number of rotatable bonds is 4. The average molecular weight is 319 g/mol. The number of pyridine rings is 2. The predicted molar refractivity (Wildman–Crippen MR) is 94.0 cm³/mol. The average Bonchev–Trinajstić information content (AvgIpc) is 3.11. The van der Waals surface area contributed by atoms with Crippen LogP contribution in [0.1, 0.15) is 30.3 Å². The monoisotopic (exact) mass is 319 g/mol. The molecule has 122 valence electrons. The SMILES string of the molecule is c1ccc(Cn2ccnc2C2CCN(c3ccncc3)CC2)nc1. The molecule has 5 heteroatoms. The van der Waals surface area contributed by atoms with E-state index in [4.69, 9.17) is 0 Å². The van der Waals surface area contributed by atoms with Gasteiger partial charge in [-0.1, -0.05) is 6.07 Å². The Labute approximate surface area is 142 Å². The highest BCUT2D eigenvalue weighted by Gasteiger charge is 2.24. The maximum atomic E-state index is 4.64. The lowest BCUT2D eigenvalue weighted by Gasteiger charge is -2.33. The highest BCUT2D eigenvalue weighted by Crippen LogP contribution is 2.29. The second-order valence-corrected chi connectivity index (χ2v) is 6.20. The van der Waals surface area contributed by atoms with Gasteiger partial charge >= 0.3 is 0 Å². The first-order chi connectivity index (χ1) is 11.9. The van der Waals surface area contributed by atoms with Gasteiger partial charge in [-0.05, 0) is 37.1 Å². The van der Waals surface area contributed by atoms with Crippen LogP contribution in [-0.4, -0.2) is 32.6 Å². The summed E-state index contributed by atoms with van der Waals surface area (Å²) in [6.07, 6.45) is 11.8. The van der Waals surface area contributed by atoms with E-state index < -0.39 is 0 Å². The Balaban J connectivity index is 1.44. The van der Waals surface area contributed by atoms with E-state index in [1.165, 1.54) is 11.5 Å². The Morgan fingerprint density at radius 2 is 1.75 bits per heavy atom. The molecule has 0 saturated carbocycles. The third kappa shape index (κ3) is 3.15. The van der Waals surface area contributed by atoms with Crippen molar-refractivity contribution >= 4 is 5.69 Å². The lowest BCUT2D eigenvalue weighted by molar-refractivity contribution is 0.469. The van der Waals surface area contributed by atoms with Gasteiger partial charge in [0, 0.05) is 55.7 Å². The molecule has 0 aliphatic carbocycles. The van der Waals surface area contributed by atoms with Crippen LogP contribution in [0.25, 0.3) is 0 Å². The molecule has 0 amide bonds. The molecule has 0 aromatic carbocycles. The van der Waals surface area contributed by atoms with Crippen molar-refractivity contribution in [1.82, 2.24) is 19.5 Å². The summed E-state index contributed by atoms with van der Waals surface area (Å²) >= 11 is 0. The van der Waals surface area contributed by atoms with E-state index in [0.717, 1.165) is 38.2 Å². The van der Waals surface area contributed by atoms with Gasteiger partial charge in [-0.3, -0.25) is 9.97 Å². The molecule has 5 nitrogen and oxygen atoms in total. The molecule has 1 aliphatic heterocycles. The molecule has 4 rings (SSSR count). The highest BCUT2D eigenvalue weighted by atomic mass is 15.1. The van der Waals surface area contributed by atoms with Crippen molar-refractivity contribution in [3.05, 3.63) is 72.8 Å². The maximum Gasteiger partial charge on any atom is 0.112 e. The van der Waals surface area contributed by atoms with Crippen molar-refractivity contribution in [1.29, 1.82) is 0 Å². The molecule has 24 heavy (non-hydrogen) atoms. The Morgan fingerprint density at radius 1 is 0.917 bits per heavy atom. The van der Waals surface area contributed by atoms with Gasteiger partial charge in [0.05, 0.1) is 12.2 Å². The quantitative estimate of drug-likeness (QED) is 0.741. The van der Waals surface area contributed by atoms with Crippen LogP contribution < -0.4 is 4.90 Å². The van der Waals surface area contributed by atoms with Crippen LogP contribution in [0.2, 0.25) is 0 Å². The van der Waals surface area contributed by atoms with Crippen LogP contribution in [0, 0.1) is 0 Å². The van der Waals surface area contributed by atoms with Gasteiger partial charge in [0.15, 0.2) is 0 Å². The van der Waals surface area contributed by atoms with E-state index in [1.54, 1.807) is 0 Å². The van der Waals surface area contributed by atoms with E-state index in [1.807, 2.05) is 36.9 Å². The van der Waals surface area contributed by atoms with Crippen LogP contribution in [0.3, 0.4) is 0 Å². The van der Waals surface area contributed by atoms with Crippen LogP contribution in [-0.2, 0) is 6.54 Å². The maximum absolute atomic E-state index is 4.64. The Hall–Kier alpha value is -2.69. The molecule has 4 heterocycles. The minimum absolute atomic E-state index is 0.516. The van der Waals surface area contributed by atoms with E-state index >= 15 is 0 Å². The first-order valence-corrected chi connectivity index (χ1v) is 8.46. The van der Waals surface area contributed by atoms with Crippen molar-refractivity contribution in [2.24, 2.45) is 0 Å². The summed E-state index contributed by atoms with van der Waals surface area (Å²) in [7, 11) is 0. The van der Waals surface area contributed by atoms with Crippen molar-refractivity contribution in [2.75, 3.05) is 18.0 Å². The Bertz CT molecular complexity index is 761. The highest BCUT2D eigenvalue weighted by molar-refractivity contribution is 5.45. The number of piperidine rings is 1.